The molecule has 1 N–H and O–H groups in total. The molecule has 3 unspecified atom stereocenters. The van der Waals surface area contributed by atoms with E-state index in [1.165, 1.54) is 6.07 Å². The Hall–Kier alpha value is -1.23. The zero-order valence-corrected chi connectivity index (χ0v) is 9.93. The van der Waals surface area contributed by atoms with Gasteiger partial charge in [0.15, 0.2) is 17.5 Å². The number of anilines is 1. The standard InChI is InChI=1S/C13H15F3N2/c14-9-1-2-11(13(16)12(9)15)17-10-4-6-18-5-3-8(10)7-18/h1-2,8,10,17H,3-7H2. The summed E-state index contributed by atoms with van der Waals surface area (Å²) in [6.07, 6.45) is 2.01. The van der Waals surface area contributed by atoms with Gasteiger partial charge in [0.2, 0.25) is 0 Å². The molecule has 0 aliphatic carbocycles. The molecule has 2 aliphatic rings. The average Bonchev–Trinajstić information content (AvgIpc) is 2.76. The quantitative estimate of drug-likeness (QED) is 0.818. The highest BCUT2D eigenvalue weighted by Crippen LogP contribution is 2.30. The van der Waals surface area contributed by atoms with Gasteiger partial charge in [0.25, 0.3) is 0 Å². The SMILES string of the molecule is Fc1ccc(NC2CCN3CCC2C3)c(F)c1F. The molecule has 98 valence electrons. The Morgan fingerprint density at radius 3 is 2.67 bits per heavy atom. The number of rotatable bonds is 2. The van der Waals surface area contributed by atoms with Crippen LogP contribution < -0.4 is 5.32 Å². The van der Waals surface area contributed by atoms with Crippen molar-refractivity contribution < 1.29 is 13.2 Å². The molecule has 5 heteroatoms. The van der Waals surface area contributed by atoms with Crippen LogP contribution in [0.25, 0.3) is 0 Å². The third-order valence-corrected chi connectivity index (χ3v) is 4.01. The molecule has 0 aromatic heterocycles. The summed E-state index contributed by atoms with van der Waals surface area (Å²) < 4.78 is 39.5. The first-order valence-electron chi connectivity index (χ1n) is 6.27. The maximum Gasteiger partial charge on any atom is 0.196 e. The van der Waals surface area contributed by atoms with Crippen molar-refractivity contribution in [1.82, 2.24) is 4.90 Å². The van der Waals surface area contributed by atoms with E-state index in [2.05, 4.69) is 10.2 Å². The number of benzene rings is 1. The highest BCUT2D eigenvalue weighted by Gasteiger charge is 2.34. The van der Waals surface area contributed by atoms with Crippen LogP contribution >= 0.6 is 0 Å². The fraction of sp³-hybridized carbons (Fsp3) is 0.538. The Labute approximate surface area is 104 Å². The van der Waals surface area contributed by atoms with Crippen molar-refractivity contribution in [3.05, 3.63) is 29.6 Å². The van der Waals surface area contributed by atoms with Crippen LogP contribution in [0.3, 0.4) is 0 Å². The summed E-state index contributed by atoms with van der Waals surface area (Å²) in [7, 11) is 0. The Bertz CT molecular complexity index is 464. The Morgan fingerprint density at radius 2 is 1.83 bits per heavy atom. The first-order valence-corrected chi connectivity index (χ1v) is 6.27. The van der Waals surface area contributed by atoms with Crippen molar-refractivity contribution in [2.75, 3.05) is 25.0 Å². The fourth-order valence-electron chi connectivity index (χ4n) is 2.98. The minimum Gasteiger partial charge on any atom is -0.379 e. The van der Waals surface area contributed by atoms with E-state index < -0.39 is 17.5 Å². The number of halogens is 3. The van der Waals surface area contributed by atoms with Crippen molar-refractivity contribution in [3.8, 4) is 0 Å². The zero-order valence-electron chi connectivity index (χ0n) is 9.93. The molecule has 0 amide bonds. The van der Waals surface area contributed by atoms with Crippen molar-refractivity contribution in [1.29, 1.82) is 0 Å². The second kappa shape index (κ2) is 4.46. The summed E-state index contributed by atoms with van der Waals surface area (Å²) in [4.78, 5) is 2.38. The van der Waals surface area contributed by atoms with Crippen LogP contribution in [0.5, 0.6) is 0 Å². The van der Waals surface area contributed by atoms with E-state index >= 15 is 0 Å². The van der Waals surface area contributed by atoms with Crippen LogP contribution in [0.1, 0.15) is 12.8 Å². The first-order chi connectivity index (χ1) is 8.65. The molecule has 0 spiro atoms. The number of nitrogens with zero attached hydrogens (tertiary/aromatic N) is 1. The third kappa shape index (κ3) is 1.96. The van der Waals surface area contributed by atoms with Crippen LogP contribution in [0.15, 0.2) is 12.1 Å². The van der Waals surface area contributed by atoms with Gasteiger partial charge in [-0.2, -0.15) is 0 Å². The maximum atomic E-state index is 13.6. The van der Waals surface area contributed by atoms with E-state index in [0.29, 0.717) is 5.92 Å². The number of nitrogens with one attached hydrogen (secondary N) is 1. The molecule has 1 aromatic rings. The first kappa shape index (κ1) is 11.8. The lowest BCUT2D eigenvalue weighted by Crippen LogP contribution is -2.39. The molecule has 2 nitrogen and oxygen atoms in total. The van der Waals surface area contributed by atoms with Gasteiger partial charge in [-0.15, -0.1) is 0 Å². The molecule has 2 aliphatic heterocycles. The van der Waals surface area contributed by atoms with E-state index in [4.69, 9.17) is 0 Å². The molecule has 3 atom stereocenters. The summed E-state index contributed by atoms with van der Waals surface area (Å²) in [6.45, 7) is 3.09. The second-order valence-corrected chi connectivity index (χ2v) is 5.11. The summed E-state index contributed by atoms with van der Waals surface area (Å²) >= 11 is 0. The Morgan fingerprint density at radius 1 is 1.06 bits per heavy atom. The highest BCUT2D eigenvalue weighted by atomic mass is 19.2. The maximum absolute atomic E-state index is 13.6. The van der Waals surface area contributed by atoms with Gasteiger partial charge in [0.1, 0.15) is 0 Å². The number of fused-ring (bicyclic) bond motifs is 2. The lowest BCUT2D eigenvalue weighted by Gasteiger charge is -2.31. The minimum absolute atomic E-state index is 0.0688. The van der Waals surface area contributed by atoms with Gasteiger partial charge in [-0.05, 0) is 37.4 Å². The normalized spacial score (nSPS) is 30.5. The van der Waals surface area contributed by atoms with Gasteiger partial charge < -0.3 is 10.2 Å². The van der Waals surface area contributed by atoms with Crippen LogP contribution in [-0.4, -0.2) is 30.6 Å². The van der Waals surface area contributed by atoms with Gasteiger partial charge in [-0.3, -0.25) is 0 Å². The van der Waals surface area contributed by atoms with E-state index in [0.717, 1.165) is 38.5 Å². The molecule has 2 fully saturated rings. The molecule has 0 radical (unpaired) electrons. The van der Waals surface area contributed by atoms with Gasteiger partial charge in [-0.1, -0.05) is 0 Å². The van der Waals surface area contributed by atoms with Gasteiger partial charge in [-0.25, -0.2) is 13.2 Å². The fourth-order valence-corrected chi connectivity index (χ4v) is 2.98. The summed E-state index contributed by atoms with van der Waals surface area (Å²) in [5.41, 5.74) is 0.0688. The topological polar surface area (TPSA) is 15.3 Å². The predicted octanol–water partition coefficient (Wildman–Crippen LogP) is 2.61. The van der Waals surface area contributed by atoms with Crippen molar-refractivity contribution >= 4 is 5.69 Å². The van der Waals surface area contributed by atoms with Crippen molar-refractivity contribution in [2.45, 2.75) is 18.9 Å². The molecule has 3 rings (SSSR count). The lowest BCUT2D eigenvalue weighted by molar-refractivity contribution is 0.254. The number of hydrogen-bond acceptors (Lipinski definition) is 2. The van der Waals surface area contributed by atoms with Gasteiger partial charge in [0, 0.05) is 19.1 Å². The second-order valence-electron chi connectivity index (χ2n) is 5.11. The Kier molecular flexibility index (Phi) is 2.93. The number of piperidine rings is 1. The lowest BCUT2D eigenvalue weighted by atomic mass is 9.94. The zero-order chi connectivity index (χ0) is 12.7. The van der Waals surface area contributed by atoms with Crippen LogP contribution in [0.4, 0.5) is 18.9 Å². The summed E-state index contributed by atoms with van der Waals surface area (Å²) in [5, 5.41) is 3.04. The predicted molar refractivity (Wildman–Crippen MR) is 62.9 cm³/mol. The molecule has 2 saturated heterocycles. The molecule has 18 heavy (non-hydrogen) atoms. The third-order valence-electron chi connectivity index (χ3n) is 4.01. The monoisotopic (exact) mass is 256 g/mol. The summed E-state index contributed by atoms with van der Waals surface area (Å²) in [6, 6.07) is 2.39. The Balaban J connectivity index is 1.78. The molecule has 2 bridgehead atoms. The largest absolute Gasteiger partial charge is 0.379 e. The van der Waals surface area contributed by atoms with Crippen LogP contribution in [0, 0.1) is 23.4 Å². The van der Waals surface area contributed by atoms with Crippen molar-refractivity contribution in [2.24, 2.45) is 5.92 Å². The smallest absolute Gasteiger partial charge is 0.196 e. The highest BCUT2D eigenvalue weighted by molar-refractivity contribution is 5.46. The van der Waals surface area contributed by atoms with E-state index in [9.17, 15) is 13.2 Å². The van der Waals surface area contributed by atoms with Crippen LogP contribution in [0.2, 0.25) is 0 Å². The van der Waals surface area contributed by atoms with Gasteiger partial charge >= 0.3 is 0 Å². The molecule has 1 aromatic carbocycles. The van der Waals surface area contributed by atoms with Crippen LogP contribution in [-0.2, 0) is 0 Å². The molecule has 2 heterocycles. The number of hydrogen-bond donors (Lipinski definition) is 1. The average molecular weight is 256 g/mol. The van der Waals surface area contributed by atoms with Crippen molar-refractivity contribution in [3.63, 3.8) is 0 Å². The molecular formula is C13H15F3N2. The molecule has 0 saturated carbocycles. The van der Waals surface area contributed by atoms with E-state index in [-0.39, 0.29) is 11.7 Å². The van der Waals surface area contributed by atoms with E-state index in [1.54, 1.807) is 0 Å². The molecular weight excluding hydrogens is 241 g/mol. The minimum atomic E-state index is -1.40. The summed E-state index contributed by atoms with van der Waals surface area (Å²) in [5.74, 6) is -3.18. The van der Waals surface area contributed by atoms with E-state index in [1.807, 2.05) is 0 Å². The van der Waals surface area contributed by atoms with Gasteiger partial charge in [0.05, 0.1) is 5.69 Å².